The van der Waals surface area contributed by atoms with Gasteiger partial charge < -0.3 is 33.2 Å². The number of carbonyl (C=O) groups is 5. The summed E-state index contributed by atoms with van der Waals surface area (Å²) in [5.74, 6) is -2.81. The van der Waals surface area contributed by atoms with Gasteiger partial charge in [0.15, 0.2) is 12.2 Å². The van der Waals surface area contributed by atoms with Crippen molar-refractivity contribution in [2.45, 2.75) is 77.7 Å². The Labute approximate surface area is 207 Å². The number of rotatable bonds is 7. The second-order valence-corrected chi connectivity index (χ2v) is 8.46. The van der Waals surface area contributed by atoms with E-state index in [0.29, 0.717) is 5.75 Å². The number of ether oxygens (including phenoxy) is 7. The summed E-state index contributed by atoms with van der Waals surface area (Å²) in [5, 5.41) is 0. The van der Waals surface area contributed by atoms with Crippen molar-refractivity contribution in [3.8, 4) is 11.5 Å². The summed E-state index contributed by atoms with van der Waals surface area (Å²) in [6, 6.07) is 4.83. The van der Waals surface area contributed by atoms with E-state index in [9.17, 15) is 24.0 Å². The maximum absolute atomic E-state index is 11.9. The van der Waals surface area contributed by atoms with Crippen LogP contribution in [0.2, 0.25) is 0 Å². The lowest BCUT2D eigenvalue weighted by atomic mass is 9.94. The molecule has 0 amide bonds. The van der Waals surface area contributed by atoms with Crippen LogP contribution in [0, 0.1) is 0 Å². The van der Waals surface area contributed by atoms with Crippen molar-refractivity contribution in [3.63, 3.8) is 0 Å². The lowest BCUT2D eigenvalue weighted by Crippen LogP contribution is -2.63. The summed E-state index contributed by atoms with van der Waals surface area (Å²) in [5.41, 5.74) is 0.809. The number of benzene rings is 1. The van der Waals surface area contributed by atoms with Gasteiger partial charge in [-0.3, -0.25) is 24.0 Å². The van der Waals surface area contributed by atoms with Gasteiger partial charge in [-0.15, -0.1) is 0 Å². The third-order valence-corrected chi connectivity index (χ3v) is 5.41. The van der Waals surface area contributed by atoms with Gasteiger partial charge in [0.2, 0.25) is 12.4 Å². The van der Waals surface area contributed by atoms with Crippen molar-refractivity contribution in [2.75, 3.05) is 6.61 Å². The van der Waals surface area contributed by atoms with Gasteiger partial charge in [-0.1, -0.05) is 13.0 Å². The summed E-state index contributed by atoms with van der Waals surface area (Å²) >= 11 is 0. The second-order valence-electron chi connectivity index (χ2n) is 8.46. The number of carbonyl (C=O) groups excluding carboxylic acids is 5. The zero-order valence-electron chi connectivity index (χ0n) is 20.5. The predicted molar refractivity (Wildman–Crippen MR) is 118 cm³/mol. The van der Waals surface area contributed by atoms with Gasteiger partial charge in [0.1, 0.15) is 24.2 Å². The van der Waals surface area contributed by atoms with Gasteiger partial charge in [0, 0.05) is 33.8 Å². The molecule has 36 heavy (non-hydrogen) atoms. The van der Waals surface area contributed by atoms with E-state index in [0.717, 1.165) is 26.3 Å². The minimum Gasteiger partial charge on any atom is -0.463 e. The second kappa shape index (κ2) is 11.4. The SMILES string of the molecule is CC(=O)OC[C@H]1O[C@@H](Oc2ccc3c(c2)OC(=O)CC3C)[C@H](OC(C)=O)[C@@H](OC(C)=O)[C@@H]1OC(C)=O. The van der Waals surface area contributed by atoms with Crippen LogP contribution in [0.3, 0.4) is 0 Å². The normalized spacial score (nSPS) is 27.1. The molecule has 12 nitrogen and oxygen atoms in total. The average molecular weight is 508 g/mol. The number of esters is 5. The van der Waals surface area contributed by atoms with Gasteiger partial charge in [-0.05, 0) is 17.5 Å². The molecule has 0 bridgehead atoms. The van der Waals surface area contributed by atoms with Gasteiger partial charge in [-0.25, -0.2) is 0 Å². The standard InChI is InChI=1S/C24H28O12/c1-11-8-20(29)35-18-9-16(6-7-17(11)18)34-24-23(33-15(5)28)22(32-14(4)27)21(31-13(3)26)19(36-24)10-30-12(2)25/h6-7,9,11,19,21-24H,8,10H2,1-5H3/t11?,19-,21-,22+,23-,24-/m1/s1. The number of fused-ring (bicyclic) bond motifs is 1. The van der Waals surface area contributed by atoms with Crippen LogP contribution in [0.4, 0.5) is 0 Å². The summed E-state index contributed by atoms with van der Waals surface area (Å²) < 4.78 is 38.3. The van der Waals surface area contributed by atoms with Crippen molar-refractivity contribution in [2.24, 2.45) is 0 Å². The molecule has 6 atom stereocenters. The molecule has 2 aliphatic heterocycles. The molecule has 0 saturated carbocycles. The van der Waals surface area contributed by atoms with E-state index in [1.165, 1.54) is 13.0 Å². The topological polar surface area (TPSA) is 150 Å². The van der Waals surface area contributed by atoms with E-state index in [1.54, 1.807) is 12.1 Å². The first kappa shape index (κ1) is 26.9. The molecule has 0 radical (unpaired) electrons. The Morgan fingerprint density at radius 3 is 2.11 bits per heavy atom. The van der Waals surface area contributed by atoms with Crippen LogP contribution >= 0.6 is 0 Å². The van der Waals surface area contributed by atoms with E-state index in [2.05, 4.69) is 0 Å². The molecule has 0 spiro atoms. The minimum absolute atomic E-state index is 0.0547. The summed E-state index contributed by atoms with van der Waals surface area (Å²) in [4.78, 5) is 59.0. The molecule has 3 rings (SSSR count). The zero-order valence-corrected chi connectivity index (χ0v) is 20.5. The lowest BCUT2D eigenvalue weighted by Gasteiger charge is -2.43. The van der Waals surface area contributed by atoms with Crippen molar-refractivity contribution in [3.05, 3.63) is 23.8 Å². The van der Waals surface area contributed by atoms with E-state index in [4.69, 9.17) is 33.2 Å². The third-order valence-electron chi connectivity index (χ3n) is 5.41. The largest absolute Gasteiger partial charge is 0.463 e. The zero-order chi connectivity index (χ0) is 26.6. The molecule has 0 aliphatic carbocycles. The fourth-order valence-electron chi connectivity index (χ4n) is 4.03. The summed E-state index contributed by atoms with van der Waals surface area (Å²) in [6.45, 7) is 6.08. The number of hydrogen-bond acceptors (Lipinski definition) is 12. The molecule has 2 heterocycles. The van der Waals surface area contributed by atoms with Gasteiger partial charge in [-0.2, -0.15) is 0 Å². The van der Waals surface area contributed by atoms with Crippen LogP contribution in [0.1, 0.15) is 52.5 Å². The van der Waals surface area contributed by atoms with E-state index in [1.807, 2.05) is 6.92 Å². The molecular weight excluding hydrogens is 480 g/mol. The Kier molecular flexibility index (Phi) is 8.51. The molecular formula is C24H28O12. The monoisotopic (exact) mass is 508 g/mol. The Morgan fingerprint density at radius 1 is 0.889 bits per heavy atom. The first-order valence-corrected chi connectivity index (χ1v) is 11.3. The Hall–Kier alpha value is -3.67. The van der Waals surface area contributed by atoms with E-state index >= 15 is 0 Å². The molecule has 1 unspecified atom stereocenters. The van der Waals surface area contributed by atoms with Crippen LogP contribution in [-0.2, 0) is 47.7 Å². The highest BCUT2D eigenvalue weighted by Gasteiger charge is 2.53. The molecule has 12 heteroatoms. The summed E-state index contributed by atoms with van der Waals surface area (Å²) in [6.07, 6.45) is -6.31. The van der Waals surface area contributed by atoms with Crippen molar-refractivity contribution in [1.82, 2.24) is 0 Å². The molecule has 196 valence electrons. The van der Waals surface area contributed by atoms with Gasteiger partial charge in [0.05, 0.1) is 6.42 Å². The highest BCUT2D eigenvalue weighted by Crippen LogP contribution is 2.38. The third kappa shape index (κ3) is 6.72. The summed E-state index contributed by atoms with van der Waals surface area (Å²) in [7, 11) is 0. The van der Waals surface area contributed by atoms with Crippen LogP contribution in [0.15, 0.2) is 18.2 Å². The molecule has 1 fully saturated rings. The molecule has 1 saturated heterocycles. The van der Waals surface area contributed by atoms with Crippen LogP contribution < -0.4 is 9.47 Å². The van der Waals surface area contributed by atoms with Crippen LogP contribution in [0.25, 0.3) is 0 Å². The van der Waals surface area contributed by atoms with E-state index in [-0.39, 0.29) is 30.7 Å². The fraction of sp³-hybridized carbons (Fsp3) is 0.542. The minimum atomic E-state index is -1.39. The highest BCUT2D eigenvalue weighted by molar-refractivity contribution is 5.76. The predicted octanol–water partition coefficient (Wildman–Crippen LogP) is 1.56. The van der Waals surface area contributed by atoms with Crippen LogP contribution in [0.5, 0.6) is 11.5 Å². The van der Waals surface area contributed by atoms with Gasteiger partial charge in [0.25, 0.3) is 0 Å². The molecule has 1 aromatic rings. The Morgan fingerprint density at radius 2 is 1.50 bits per heavy atom. The fourth-order valence-corrected chi connectivity index (χ4v) is 4.03. The quantitative estimate of drug-likeness (QED) is 0.299. The Bertz CT molecular complexity index is 1030. The number of hydrogen-bond donors (Lipinski definition) is 0. The molecule has 1 aromatic carbocycles. The molecule has 0 N–H and O–H groups in total. The maximum atomic E-state index is 11.9. The van der Waals surface area contributed by atoms with Crippen molar-refractivity contribution in [1.29, 1.82) is 0 Å². The molecule has 0 aromatic heterocycles. The first-order chi connectivity index (χ1) is 16.9. The van der Waals surface area contributed by atoms with Crippen molar-refractivity contribution < 1.29 is 57.1 Å². The first-order valence-electron chi connectivity index (χ1n) is 11.3. The van der Waals surface area contributed by atoms with Crippen molar-refractivity contribution >= 4 is 29.8 Å². The smallest absolute Gasteiger partial charge is 0.311 e. The maximum Gasteiger partial charge on any atom is 0.311 e. The Balaban J connectivity index is 1.97. The molecule has 2 aliphatic rings. The van der Waals surface area contributed by atoms with Gasteiger partial charge >= 0.3 is 29.8 Å². The van der Waals surface area contributed by atoms with E-state index < -0.39 is 54.6 Å². The average Bonchev–Trinajstić information content (AvgIpc) is 2.75. The lowest BCUT2D eigenvalue weighted by molar-refractivity contribution is -0.288. The van der Waals surface area contributed by atoms with Crippen LogP contribution in [-0.4, -0.2) is 67.2 Å². The highest BCUT2D eigenvalue weighted by atomic mass is 16.7.